The zero-order valence-corrected chi connectivity index (χ0v) is 6.19. The molecule has 0 heterocycles. The van der Waals surface area contributed by atoms with E-state index in [0.29, 0.717) is 6.29 Å². The minimum atomic E-state index is -1.07. The summed E-state index contributed by atoms with van der Waals surface area (Å²) in [5, 5.41) is 8.78. The van der Waals surface area contributed by atoms with E-state index >= 15 is 0 Å². The lowest BCUT2D eigenvalue weighted by molar-refractivity contribution is -0.149. The minimum Gasteiger partial charge on any atom is -0.457 e. The third kappa shape index (κ3) is 3.69. The molecule has 0 saturated carbocycles. The molecule has 3 N–H and O–H groups in total. The van der Waals surface area contributed by atoms with E-state index < -0.39 is 18.1 Å². The van der Waals surface area contributed by atoms with Gasteiger partial charge in [0.1, 0.15) is 12.6 Å². The molecule has 0 aliphatic carbocycles. The molecule has 0 rings (SSSR count). The van der Waals surface area contributed by atoms with Crippen molar-refractivity contribution < 1.29 is 19.4 Å². The standard InChI is InChI=1S/C6H11NO4/c1-4(9)5(7)6(10)11-3-2-8/h2,4-5,9H,3,7H2,1H3/t4-,5+/m1/s1. The first-order valence-corrected chi connectivity index (χ1v) is 3.13. The average molecular weight is 161 g/mol. The number of aldehydes is 1. The highest BCUT2D eigenvalue weighted by molar-refractivity contribution is 5.77. The highest BCUT2D eigenvalue weighted by atomic mass is 16.5. The van der Waals surface area contributed by atoms with Crippen LogP contribution in [-0.4, -0.2) is 36.1 Å². The van der Waals surface area contributed by atoms with Gasteiger partial charge >= 0.3 is 5.97 Å². The highest BCUT2D eigenvalue weighted by Crippen LogP contribution is 1.91. The van der Waals surface area contributed by atoms with Crippen LogP contribution >= 0.6 is 0 Å². The molecule has 0 radical (unpaired) electrons. The number of aliphatic hydroxyl groups excluding tert-OH is 1. The molecule has 0 aliphatic rings. The number of rotatable bonds is 4. The van der Waals surface area contributed by atoms with Crippen LogP contribution in [0.3, 0.4) is 0 Å². The van der Waals surface area contributed by atoms with Crippen LogP contribution in [0.4, 0.5) is 0 Å². The third-order valence-electron chi connectivity index (χ3n) is 1.09. The summed E-state index contributed by atoms with van der Waals surface area (Å²) in [6, 6.07) is -1.07. The Morgan fingerprint density at radius 3 is 2.73 bits per heavy atom. The van der Waals surface area contributed by atoms with Crippen molar-refractivity contribution in [3.8, 4) is 0 Å². The topological polar surface area (TPSA) is 89.6 Å². The van der Waals surface area contributed by atoms with E-state index in [2.05, 4.69) is 4.74 Å². The Labute approximate surface area is 64.1 Å². The van der Waals surface area contributed by atoms with E-state index in [1.807, 2.05) is 0 Å². The fourth-order valence-electron chi connectivity index (χ4n) is 0.409. The minimum absolute atomic E-state index is 0.320. The van der Waals surface area contributed by atoms with E-state index in [9.17, 15) is 9.59 Å². The lowest BCUT2D eigenvalue weighted by atomic mass is 10.2. The summed E-state index contributed by atoms with van der Waals surface area (Å²) >= 11 is 0. The molecule has 0 aromatic carbocycles. The van der Waals surface area contributed by atoms with Gasteiger partial charge < -0.3 is 15.6 Å². The number of nitrogens with two attached hydrogens (primary N) is 1. The maximum Gasteiger partial charge on any atom is 0.326 e. The zero-order valence-electron chi connectivity index (χ0n) is 6.19. The molecule has 0 aromatic rings. The number of esters is 1. The van der Waals surface area contributed by atoms with Crippen LogP contribution in [0.15, 0.2) is 0 Å². The van der Waals surface area contributed by atoms with Crippen molar-refractivity contribution in [2.45, 2.75) is 19.1 Å². The lowest BCUT2D eigenvalue weighted by Gasteiger charge is -2.11. The van der Waals surface area contributed by atoms with Gasteiger partial charge in [-0.1, -0.05) is 0 Å². The second kappa shape index (κ2) is 4.81. The zero-order chi connectivity index (χ0) is 8.85. The molecular formula is C6H11NO4. The Morgan fingerprint density at radius 1 is 1.82 bits per heavy atom. The Balaban J connectivity index is 3.73. The predicted molar refractivity (Wildman–Crippen MR) is 36.7 cm³/mol. The number of hydrogen-bond donors (Lipinski definition) is 2. The van der Waals surface area contributed by atoms with Gasteiger partial charge in [0, 0.05) is 0 Å². The van der Waals surface area contributed by atoms with Crippen LogP contribution in [-0.2, 0) is 14.3 Å². The van der Waals surface area contributed by atoms with Crippen LogP contribution in [0.25, 0.3) is 0 Å². The summed E-state index contributed by atoms with van der Waals surface area (Å²) in [5.41, 5.74) is 5.16. The van der Waals surface area contributed by atoms with Crippen LogP contribution in [0.2, 0.25) is 0 Å². The maximum atomic E-state index is 10.7. The summed E-state index contributed by atoms with van der Waals surface area (Å²) in [5.74, 6) is -0.771. The number of carbonyl (C=O) groups excluding carboxylic acids is 2. The Morgan fingerprint density at radius 2 is 2.36 bits per heavy atom. The largest absolute Gasteiger partial charge is 0.457 e. The van der Waals surface area contributed by atoms with Crippen molar-refractivity contribution in [1.82, 2.24) is 0 Å². The Hall–Kier alpha value is -0.940. The fraction of sp³-hybridized carbons (Fsp3) is 0.667. The number of hydrogen-bond acceptors (Lipinski definition) is 5. The van der Waals surface area contributed by atoms with Crippen molar-refractivity contribution in [2.24, 2.45) is 5.73 Å². The Kier molecular flexibility index (Phi) is 4.40. The summed E-state index contributed by atoms with van der Waals surface area (Å²) < 4.78 is 4.32. The van der Waals surface area contributed by atoms with Gasteiger partial charge in [-0.3, -0.25) is 9.59 Å². The van der Waals surface area contributed by atoms with Crippen molar-refractivity contribution in [2.75, 3.05) is 6.61 Å². The quantitative estimate of drug-likeness (QED) is 0.384. The van der Waals surface area contributed by atoms with Gasteiger partial charge in [-0.25, -0.2) is 0 Å². The molecule has 0 spiro atoms. The van der Waals surface area contributed by atoms with E-state index in [-0.39, 0.29) is 6.61 Å². The summed E-state index contributed by atoms with van der Waals surface area (Å²) in [4.78, 5) is 20.4. The molecule has 0 bridgehead atoms. The number of ether oxygens (including phenoxy) is 1. The van der Waals surface area contributed by atoms with E-state index in [1.54, 1.807) is 0 Å². The van der Waals surface area contributed by atoms with Gasteiger partial charge in [-0.05, 0) is 6.92 Å². The predicted octanol–water partition coefficient (Wildman–Crippen LogP) is -1.56. The summed E-state index contributed by atoms with van der Waals surface area (Å²) in [7, 11) is 0. The molecule has 2 atom stereocenters. The lowest BCUT2D eigenvalue weighted by Crippen LogP contribution is -2.41. The number of aliphatic hydroxyl groups is 1. The van der Waals surface area contributed by atoms with Crippen LogP contribution in [0, 0.1) is 0 Å². The molecule has 0 aromatic heterocycles. The normalized spacial score (nSPS) is 15.2. The molecule has 0 aliphatic heterocycles. The third-order valence-corrected chi connectivity index (χ3v) is 1.09. The molecule has 5 heteroatoms. The number of carbonyl (C=O) groups is 2. The second-order valence-corrected chi connectivity index (χ2v) is 2.06. The van der Waals surface area contributed by atoms with Crippen molar-refractivity contribution in [1.29, 1.82) is 0 Å². The van der Waals surface area contributed by atoms with E-state index in [0.717, 1.165) is 0 Å². The van der Waals surface area contributed by atoms with E-state index in [1.165, 1.54) is 6.92 Å². The van der Waals surface area contributed by atoms with Gasteiger partial charge in [-0.15, -0.1) is 0 Å². The van der Waals surface area contributed by atoms with Crippen molar-refractivity contribution in [3.05, 3.63) is 0 Å². The first-order valence-electron chi connectivity index (χ1n) is 3.13. The van der Waals surface area contributed by atoms with Crippen LogP contribution < -0.4 is 5.73 Å². The van der Waals surface area contributed by atoms with Gasteiger partial charge in [0.25, 0.3) is 0 Å². The van der Waals surface area contributed by atoms with Crippen LogP contribution in [0.1, 0.15) is 6.92 Å². The first-order chi connectivity index (χ1) is 5.09. The highest BCUT2D eigenvalue weighted by Gasteiger charge is 2.19. The van der Waals surface area contributed by atoms with E-state index in [4.69, 9.17) is 10.8 Å². The first kappa shape index (κ1) is 10.1. The van der Waals surface area contributed by atoms with Crippen LogP contribution in [0.5, 0.6) is 0 Å². The molecule has 0 amide bonds. The van der Waals surface area contributed by atoms with Crippen molar-refractivity contribution >= 4 is 12.3 Å². The summed E-state index contributed by atoms with van der Waals surface area (Å²) in [6.07, 6.45) is -0.527. The molecule has 64 valence electrons. The monoisotopic (exact) mass is 161 g/mol. The molecule has 5 nitrogen and oxygen atoms in total. The molecule has 0 fully saturated rings. The summed E-state index contributed by atoms with van der Waals surface area (Å²) in [6.45, 7) is 1.05. The molecule has 11 heavy (non-hydrogen) atoms. The van der Waals surface area contributed by atoms with Gasteiger partial charge in [0.15, 0.2) is 6.29 Å². The SMILES string of the molecule is C[C@@H](O)[C@H](N)C(=O)OCC=O. The van der Waals surface area contributed by atoms with Crippen molar-refractivity contribution in [3.63, 3.8) is 0 Å². The fourth-order valence-corrected chi connectivity index (χ4v) is 0.409. The van der Waals surface area contributed by atoms with Gasteiger partial charge in [0.05, 0.1) is 6.10 Å². The van der Waals surface area contributed by atoms with Gasteiger partial charge in [-0.2, -0.15) is 0 Å². The average Bonchev–Trinajstić information content (AvgIpc) is 1.98. The molecular weight excluding hydrogens is 150 g/mol. The smallest absolute Gasteiger partial charge is 0.326 e. The second-order valence-electron chi connectivity index (χ2n) is 2.06. The molecule has 0 saturated heterocycles. The molecule has 0 unspecified atom stereocenters. The van der Waals surface area contributed by atoms with Gasteiger partial charge in [0.2, 0.25) is 0 Å². The maximum absolute atomic E-state index is 10.7. The Bertz CT molecular complexity index is 146.